The minimum atomic E-state index is -0.266. The number of nitrogens with one attached hydrogen (secondary N) is 2. The molecule has 5 nitrogen and oxygen atoms in total. The predicted octanol–water partition coefficient (Wildman–Crippen LogP) is 1.27. The largest absolute Gasteiger partial charge is 0.507 e. The number of piperidine rings is 1. The van der Waals surface area contributed by atoms with Gasteiger partial charge in [-0.15, -0.1) is 0 Å². The molecule has 1 aliphatic heterocycles. The Kier molecular flexibility index (Phi) is 4.27. The van der Waals surface area contributed by atoms with Crippen LogP contribution >= 0.6 is 0 Å². The van der Waals surface area contributed by atoms with Gasteiger partial charge >= 0.3 is 0 Å². The molecular formula is C14H20N2O3. The van der Waals surface area contributed by atoms with Crippen molar-refractivity contribution in [1.29, 1.82) is 0 Å². The van der Waals surface area contributed by atoms with Crippen LogP contribution < -0.4 is 15.4 Å². The quantitative estimate of drug-likeness (QED) is 0.769. The normalized spacial score (nSPS) is 22.8. The topological polar surface area (TPSA) is 70.6 Å². The second-order valence-corrected chi connectivity index (χ2v) is 4.94. The molecule has 5 heteroatoms. The van der Waals surface area contributed by atoms with Crippen LogP contribution in [0.5, 0.6) is 11.5 Å². The summed E-state index contributed by atoms with van der Waals surface area (Å²) in [6.07, 6.45) is 1.99. The highest BCUT2D eigenvalue weighted by molar-refractivity contribution is 5.97. The maximum absolute atomic E-state index is 12.1. The highest BCUT2D eigenvalue weighted by Gasteiger charge is 2.21. The third-order valence-electron chi connectivity index (χ3n) is 3.44. The summed E-state index contributed by atoms with van der Waals surface area (Å²) in [5.74, 6) is 0.256. The van der Waals surface area contributed by atoms with Gasteiger partial charge in [0.1, 0.15) is 11.5 Å². The van der Waals surface area contributed by atoms with Gasteiger partial charge in [-0.25, -0.2) is 0 Å². The lowest BCUT2D eigenvalue weighted by Gasteiger charge is -2.28. The molecule has 0 saturated carbocycles. The Morgan fingerprint density at radius 2 is 2.26 bits per heavy atom. The molecular weight excluding hydrogens is 244 g/mol. The summed E-state index contributed by atoms with van der Waals surface area (Å²) in [5.41, 5.74) is 0.248. The number of methoxy groups -OCH3 is 1. The fourth-order valence-corrected chi connectivity index (χ4v) is 2.21. The van der Waals surface area contributed by atoms with E-state index in [1.54, 1.807) is 12.1 Å². The van der Waals surface area contributed by atoms with E-state index in [2.05, 4.69) is 17.6 Å². The molecule has 3 N–H and O–H groups in total. The lowest BCUT2D eigenvalue weighted by atomic mass is 10.0. The molecule has 1 saturated heterocycles. The molecule has 1 fully saturated rings. The Labute approximate surface area is 113 Å². The Bertz CT molecular complexity index is 454. The lowest BCUT2D eigenvalue weighted by Crippen LogP contribution is -2.48. The van der Waals surface area contributed by atoms with Gasteiger partial charge in [-0.05, 0) is 38.0 Å². The number of carbonyl (C=O) groups excluding carboxylic acids is 1. The molecule has 0 aromatic heterocycles. The molecule has 1 aromatic rings. The van der Waals surface area contributed by atoms with E-state index >= 15 is 0 Å². The van der Waals surface area contributed by atoms with Crippen molar-refractivity contribution in [3.05, 3.63) is 23.8 Å². The number of aromatic hydroxyl groups is 1. The fourth-order valence-electron chi connectivity index (χ4n) is 2.21. The van der Waals surface area contributed by atoms with Crippen molar-refractivity contribution < 1.29 is 14.6 Å². The van der Waals surface area contributed by atoms with Crippen molar-refractivity contribution in [3.8, 4) is 11.5 Å². The van der Waals surface area contributed by atoms with Gasteiger partial charge in [0.25, 0.3) is 5.91 Å². The first kappa shape index (κ1) is 13.7. The second kappa shape index (κ2) is 5.93. The predicted molar refractivity (Wildman–Crippen MR) is 72.6 cm³/mol. The van der Waals surface area contributed by atoms with Crippen molar-refractivity contribution in [2.75, 3.05) is 13.7 Å². The first-order valence-electron chi connectivity index (χ1n) is 6.51. The van der Waals surface area contributed by atoms with Gasteiger partial charge in [0.05, 0.1) is 12.7 Å². The van der Waals surface area contributed by atoms with Crippen molar-refractivity contribution in [2.24, 2.45) is 0 Å². The average molecular weight is 264 g/mol. The number of phenolic OH excluding ortho intramolecular Hbond substituents is 1. The zero-order valence-electron chi connectivity index (χ0n) is 11.3. The number of ether oxygens (including phenoxy) is 1. The van der Waals surface area contributed by atoms with Gasteiger partial charge in [0.2, 0.25) is 0 Å². The van der Waals surface area contributed by atoms with Crippen molar-refractivity contribution in [2.45, 2.75) is 31.8 Å². The van der Waals surface area contributed by atoms with E-state index < -0.39 is 0 Å². The Balaban J connectivity index is 2.03. The molecule has 1 amide bonds. The summed E-state index contributed by atoms with van der Waals surface area (Å²) in [6.45, 7) is 2.89. The summed E-state index contributed by atoms with van der Waals surface area (Å²) in [5, 5.41) is 16.0. The Morgan fingerprint density at radius 1 is 1.47 bits per heavy atom. The van der Waals surface area contributed by atoms with Crippen LogP contribution in [0.3, 0.4) is 0 Å². The Morgan fingerprint density at radius 3 is 2.89 bits per heavy atom. The highest BCUT2D eigenvalue weighted by Crippen LogP contribution is 2.23. The molecule has 2 rings (SSSR count). The van der Waals surface area contributed by atoms with Crippen molar-refractivity contribution >= 4 is 5.91 Å². The molecule has 0 radical (unpaired) electrons. The summed E-state index contributed by atoms with van der Waals surface area (Å²) in [6, 6.07) is 5.24. The number of carbonyl (C=O) groups is 1. The molecule has 2 unspecified atom stereocenters. The molecule has 1 aromatic carbocycles. The smallest absolute Gasteiger partial charge is 0.255 e. The average Bonchev–Trinajstić information content (AvgIpc) is 2.42. The molecule has 19 heavy (non-hydrogen) atoms. The van der Waals surface area contributed by atoms with E-state index in [1.807, 2.05) is 0 Å². The van der Waals surface area contributed by atoms with Crippen LogP contribution in [-0.2, 0) is 0 Å². The zero-order valence-corrected chi connectivity index (χ0v) is 11.3. The molecule has 2 atom stereocenters. The summed E-state index contributed by atoms with van der Waals surface area (Å²) < 4.78 is 5.06. The van der Waals surface area contributed by atoms with E-state index in [0.717, 1.165) is 19.4 Å². The van der Waals surface area contributed by atoms with Gasteiger partial charge in [0, 0.05) is 18.6 Å². The number of hydrogen-bond donors (Lipinski definition) is 3. The third-order valence-corrected chi connectivity index (χ3v) is 3.44. The summed E-state index contributed by atoms with van der Waals surface area (Å²) >= 11 is 0. The minimum Gasteiger partial charge on any atom is -0.507 e. The van der Waals surface area contributed by atoms with Crippen LogP contribution in [0, 0.1) is 0 Å². The minimum absolute atomic E-state index is 0.0320. The van der Waals surface area contributed by atoms with Crippen LogP contribution in [0.2, 0.25) is 0 Å². The van der Waals surface area contributed by atoms with Gasteiger partial charge < -0.3 is 20.5 Å². The Hall–Kier alpha value is -1.75. The van der Waals surface area contributed by atoms with E-state index in [4.69, 9.17) is 4.74 Å². The van der Waals surface area contributed by atoms with Crippen molar-refractivity contribution in [1.82, 2.24) is 10.6 Å². The molecule has 0 bridgehead atoms. The SMILES string of the molecule is COc1ccc(O)c(C(=O)NC2CCC(C)NC2)c1. The van der Waals surface area contributed by atoms with Gasteiger partial charge in [-0.2, -0.15) is 0 Å². The monoisotopic (exact) mass is 264 g/mol. The van der Waals surface area contributed by atoms with Crippen LogP contribution in [-0.4, -0.2) is 36.8 Å². The number of rotatable bonds is 3. The summed E-state index contributed by atoms with van der Waals surface area (Å²) in [4.78, 5) is 12.1. The van der Waals surface area contributed by atoms with E-state index in [-0.39, 0.29) is 23.3 Å². The van der Waals surface area contributed by atoms with Crippen molar-refractivity contribution in [3.63, 3.8) is 0 Å². The van der Waals surface area contributed by atoms with Crippen LogP contribution in [0.25, 0.3) is 0 Å². The maximum atomic E-state index is 12.1. The molecule has 104 valence electrons. The third kappa shape index (κ3) is 3.38. The first-order chi connectivity index (χ1) is 9.10. The first-order valence-corrected chi connectivity index (χ1v) is 6.51. The molecule has 0 aliphatic carbocycles. The van der Waals surface area contributed by atoms with E-state index in [0.29, 0.717) is 11.8 Å². The van der Waals surface area contributed by atoms with Gasteiger partial charge in [-0.3, -0.25) is 4.79 Å². The maximum Gasteiger partial charge on any atom is 0.255 e. The van der Waals surface area contributed by atoms with E-state index in [1.165, 1.54) is 13.2 Å². The van der Waals surface area contributed by atoms with Gasteiger partial charge in [0.15, 0.2) is 0 Å². The second-order valence-electron chi connectivity index (χ2n) is 4.94. The highest BCUT2D eigenvalue weighted by atomic mass is 16.5. The van der Waals surface area contributed by atoms with Crippen LogP contribution in [0.4, 0.5) is 0 Å². The number of amides is 1. The number of benzene rings is 1. The molecule has 1 heterocycles. The fraction of sp³-hybridized carbons (Fsp3) is 0.500. The molecule has 0 spiro atoms. The molecule has 1 aliphatic rings. The summed E-state index contributed by atoms with van der Waals surface area (Å²) in [7, 11) is 1.53. The standard InChI is InChI=1S/C14H20N2O3/c1-9-3-4-10(8-15-9)16-14(18)12-7-11(19-2)5-6-13(12)17/h5-7,9-10,15,17H,3-4,8H2,1-2H3,(H,16,18). The lowest BCUT2D eigenvalue weighted by molar-refractivity contribution is 0.0924. The van der Waals surface area contributed by atoms with E-state index in [9.17, 15) is 9.90 Å². The van der Waals surface area contributed by atoms with Crippen LogP contribution in [0.15, 0.2) is 18.2 Å². The number of hydrogen-bond acceptors (Lipinski definition) is 4. The number of phenols is 1. The van der Waals surface area contributed by atoms with Crippen LogP contribution in [0.1, 0.15) is 30.1 Å². The zero-order chi connectivity index (χ0) is 13.8. The van der Waals surface area contributed by atoms with Gasteiger partial charge in [-0.1, -0.05) is 0 Å².